The second kappa shape index (κ2) is 4.53. The molecule has 1 aliphatic rings. The van der Waals surface area contributed by atoms with Gasteiger partial charge in [0, 0.05) is 23.4 Å². The molecule has 0 aromatic carbocycles. The predicted molar refractivity (Wildman–Crippen MR) is 69.2 cm³/mol. The largest absolute Gasteiger partial charge is 0.361 e. The maximum absolute atomic E-state index is 5.19. The zero-order valence-electron chi connectivity index (χ0n) is 10.7. The molecule has 94 valence electrons. The average molecular weight is 243 g/mol. The molecule has 3 heterocycles. The highest BCUT2D eigenvalue weighted by atomic mass is 16.5. The molecule has 4 heteroatoms. The fourth-order valence-corrected chi connectivity index (χ4v) is 2.59. The molecule has 2 aromatic heterocycles. The number of aromatic nitrogens is 2. The molecule has 0 spiro atoms. The molecule has 1 N–H and O–H groups in total. The summed E-state index contributed by atoms with van der Waals surface area (Å²) in [5.41, 5.74) is 4.19. The molecular formula is C14H17N3O. The van der Waals surface area contributed by atoms with Crippen LogP contribution in [0.1, 0.15) is 36.0 Å². The van der Waals surface area contributed by atoms with Gasteiger partial charge < -0.3 is 9.84 Å². The molecular weight excluding hydrogens is 226 g/mol. The van der Waals surface area contributed by atoms with Crippen LogP contribution in [0.3, 0.4) is 0 Å². The topological polar surface area (TPSA) is 51.0 Å². The Morgan fingerprint density at radius 3 is 2.78 bits per heavy atom. The second-order valence-electron chi connectivity index (χ2n) is 4.82. The molecule has 0 aliphatic carbocycles. The lowest BCUT2D eigenvalue weighted by Crippen LogP contribution is -2.13. The van der Waals surface area contributed by atoms with E-state index in [1.165, 1.54) is 12.8 Å². The number of aryl methyl sites for hydroxylation is 2. The van der Waals surface area contributed by atoms with Crippen molar-refractivity contribution in [3.63, 3.8) is 0 Å². The summed E-state index contributed by atoms with van der Waals surface area (Å²) in [6, 6.07) is 4.63. The third-order valence-corrected chi connectivity index (χ3v) is 3.53. The highest BCUT2D eigenvalue weighted by molar-refractivity contribution is 5.66. The monoisotopic (exact) mass is 243 g/mol. The summed E-state index contributed by atoms with van der Waals surface area (Å²) < 4.78 is 5.19. The first kappa shape index (κ1) is 11.4. The van der Waals surface area contributed by atoms with E-state index in [2.05, 4.69) is 27.6 Å². The van der Waals surface area contributed by atoms with Crippen molar-refractivity contribution in [1.82, 2.24) is 15.5 Å². The lowest BCUT2D eigenvalue weighted by molar-refractivity contribution is 0.393. The van der Waals surface area contributed by atoms with Gasteiger partial charge in [-0.15, -0.1) is 0 Å². The summed E-state index contributed by atoms with van der Waals surface area (Å²) >= 11 is 0. The number of hydrogen-bond donors (Lipinski definition) is 1. The lowest BCUT2D eigenvalue weighted by atomic mass is 10.0. The van der Waals surface area contributed by atoms with E-state index in [0.717, 1.165) is 34.8 Å². The molecule has 1 aliphatic heterocycles. The van der Waals surface area contributed by atoms with Crippen molar-refractivity contribution in [3.8, 4) is 11.1 Å². The molecule has 2 aromatic rings. The first-order chi connectivity index (χ1) is 8.75. The van der Waals surface area contributed by atoms with Crippen molar-refractivity contribution < 1.29 is 4.52 Å². The molecule has 1 saturated heterocycles. The van der Waals surface area contributed by atoms with Crippen LogP contribution in [0.25, 0.3) is 11.1 Å². The van der Waals surface area contributed by atoms with E-state index in [9.17, 15) is 0 Å². The Balaban J connectivity index is 1.91. The molecule has 3 rings (SSSR count). The van der Waals surface area contributed by atoms with Gasteiger partial charge in [0.15, 0.2) is 0 Å². The van der Waals surface area contributed by atoms with Crippen LogP contribution in [0, 0.1) is 13.8 Å². The Morgan fingerprint density at radius 2 is 2.22 bits per heavy atom. The Morgan fingerprint density at radius 1 is 1.33 bits per heavy atom. The highest BCUT2D eigenvalue weighted by Crippen LogP contribution is 2.28. The number of pyridine rings is 1. The van der Waals surface area contributed by atoms with Crippen LogP contribution in [0.5, 0.6) is 0 Å². The van der Waals surface area contributed by atoms with Gasteiger partial charge in [-0.2, -0.15) is 0 Å². The van der Waals surface area contributed by atoms with Crippen LogP contribution >= 0.6 is 0 Å². The fraction of sp³-hybridized carbons (Fsp3) is 0.429. The molecule has 18 heavy (non-hydrogen) atoms. The summed E-state index contributed by atoms with van der Waals surface area (Å²) in [7, 11) is 0. The van der Waals surface area contributed by atoms with Crippen molar-refractivity contribution in [3.05, 3.63) is 35.5 Å². The van der Waals surface area contributed by atoms with Gasteiger partial charge in [0.25, 0.3) is 0 Å². The maximum atomic E-state index is 5.19. The zero-order chi connectivity index (χ0) is 12.5. The summed E-state index contributed by atoms with van der Waals surface area (Å²) in [6.45, 7) is 4.98. The van der Waals surface area contributed by atoms with Gasteiger partial charge in [0.1, 0.15) is 5.76 Å². The molecule has 1 atom stereocenters. The first-order valence-corrected chi connectivity index (χ1v) is 6.38. The summed E-state index contributed by atoms with van der Waals surface area (Å²) in [6.07, 6.45) is 4.33. The van der Waals surface area contributed by atoms with E-state index < -0.39 is 0 Å². The van der Waals surface area contributed by atoms with E-state index in [0.29, 0.717) is 6.04 Å². The van der Waals surface area contributed by atoms with E-state index in [1.807, 2.05) is 20.0 Å². The summed E-state index contributed by atoms with van der Waals surface area (Å²) in [5.74, 6) is 0.848. The minimum absolute atomic E-state index is 0.420. The SMILES string of the molecule is Cc1noc(C)c1-c1ccc([C@@H]2CCCN2)nc1. The van der Waals surface area contributed by atoms with E-state index >= 15 is 0 Å². The maximum Gasteiger partial charge on any atom is 0.141 e. The summed E-state index contributed by atoms with van der Waals surface area (Å²) in [5, 5.41) is 7.43. The van der Waals surface area contributed by atoms with Crippen LogP contribution in [0.2, 0.25) is 0 Å². The van der Waals surface area contributed by atoms with Crippen LogP contribution < -0.4 is 5.32 Å². The third kappa shape index (κ3) is 1.93. The number of nitrogens with one attached hydrogen (secondary N) is 1. The van der Waals surface area contributed by atoms with E-state index in [-0.39, 0.29) is 0 Å². The Labute approximate surface area is 106 Å². The van der Waals surface area contributed by atoms with Crippen LogP contribution in [-0.2, 0) is 0 Å². The second-order valence-corrected chi connectivity index (χ2v) is 4.82. The van der Waals surface area contributed by atoms with Crippen molar-refractivity contribution in [2.24, 2.45) is 0 Å². The van der Waals surface area contributed by atoms with Gasteiger partial charge in [0.05, 0.1) is 11.4 Å². The Bertz CT molecular complexity index is 519. The Hall–Kier alpha value is -1.68. The Kier molecular flexibility index (Phi) is 2.88. The quantitative estimate of drug-likeness (QED) is 0.881. The average Bonchev–Trinajstić information content (AvgIpc) is 3.01. The van der Waals surface area contributed by atoms with Gasteiger partial charge in [0.2, 0.25) is 0 Å². The number of rotatable bonds is 2. The first-order valence-electron chi connectivity index (χ1n) is 6.38. The van der Waals surface area contributed by atoms with Crippen molar-refractivity contribution >= 4 is 0 Å². The fourth-order valence-electron chi connectivity index (χ4n) is 2.59. The zero-order valence-corrected chi connectivity index (χ0v) is 10.7. The van der Waals surface area contributed by atoms with Gasteiger partial charge in [-0.1, -0.05) is 11.2 Å². The standard InChI is InChI=1S/C14H17N3O/c1-9-14(10(2)18-17-9)11-5-6-13(16-8-11)12-4-3-7-15-12/h5-6,8,12,15H,3-4,7H2,1-2H3/t12-/m0/s1. The van der Waals surface area contributed by atoms with Gasteiger partial charge >= 0.3 is 0 Å². The molecule has 0 bridgehead atoms. The third-order valence-electron chi connectivity index (χ3n) is 3.53. The highest BCUT2D eigenvalue weighted by Gasteiger charge is 2.18. The van der Waals surface area contributed by atoms with Crippen molar-refractivity contribution in [1.29, 1.82) is 0 Å². The predicted octanol–water partition coefficient (Wildman–Crippen LogP) is 2.78. The van der Waals surface area contributed by atoms with Crippen LogP contribution in [-0.4, -0.2) is 16.7 Å². The van der Waals surface area contributed by atoms with Crippen molar-refractivity contribution in [2.75, 3.05) is 6.54 Å². The molecule has 1 fully saturated rings. The van der Waals surface area contributed by atoms with E-state index in [1.54, 1.807) is 0 Å². The normalized spacial score (nSPS) is 19.3. The molecule has 4 nitrogen and oxygen atoms in total. The molecule has 0 saturated carbocycles. The van der Waals surface area contributed by atoms with Crippen LogP contribution in [0.4, 0.5) is 0 Å². The molecule has 0 radical (unpaired) electrons. The van der Waals surface area contributed by atoms with Gasteiger partial charge in [-0.3, -0.25) is 4.98 Å². The van der Waals surface area contributed by atoms with Gasteiger partial charge in [-0.25, -0.2) is 0 Å². The smallest absolute Gasteiger partial charge is 0.141 e. The van der Waals surface area contributed by atoms with E-state index in [4.69, 9.17) is 4.52 Å². The lowest BCUT2D eigenvalue weighted by Gasteiger charge is -2.09. The minimum atomic E-state index is 0.420. The number of nitrogens with zero attached hydrogens (tertiary/aromatic N) is 2. The number of hydrogen-bond acceptors (Lipinski definition) is 4. The summed E-state index contributed by atoms with van der Waals surface area (Å²) in [4.78, 5) is 4.57. The van der Waals surface area contributed by atoms with Crippen molar-refractivity contribution in [2.45, 2.75) is 32.7 Å². The molecule has 0 amide bonds. The molecule has 0 unspecified atom stereocenters. The van der Waals surface area contributed by atoms with Gasteiger partial charge in [-0.05, 0) is 39.3 Å². The minimum Gasteiger partial charge on any atom is -0.361 e. The van der Waals surface area contributed by atoms with Crippen LogP contribution in [0.15, 0.2) is 22.9 Å².